The molecule has 2 saturated carbocycles. The molecule has 2 aromatic rings. The Morgan fingerprint density at radius 3 is 2.15 bits per heavy atom. The first-order chi connectivity index (χ1) is 12.6. The summed E-state index contributed by atoms with van der Waals surface area (Å²) in [7, 11) is 0. The summed E-state index contributed by atoms with van der Waals surface area (Å²) in [6, 6.07) is 19.0. The lowest BCUT2D eigenvalue weighted by Crippen LogP contribution is -2.52. The Morgan fingerprint density at radius 2 is 1.42 bits per heavy atom. The molecular formula is C26H30. The first-order valence-electron chi connectivity index (χ1n) is 10.8. The molecule has 0 saturated heterocycles. The van der Waals surface area contributed by atoms with Gasteiger partial charge in [-0.1, -0.05) is 76.2 Å². The number of fused-ring (bicyclic) bond motifs is 10. The van der Waals surface area contributed by atoms with E-state index in [1.807, 2.05) is 0 Å². The largest absolute Gasteiger partial charge is 0.0622 e. The molecule has 26 heavy (non-hydrogen) atoms. The van der Waals surface area contributed by atoms with E-state index in [0.29, 0.717) is 11.8 Å². The summed E-state index contributed by atoms with van der Waals surface area (Å²) in [4.78, 5) is 0. The number of hydrogen-bond acceptors (Lipinski definition) is 0. The van der Waals surface area contributed by atoms with Crippen LogP contribution in [0.2, 0.25) is 0 Å². The molecule has 0 radical (unpaired) electrons. The van der Waals surface area contributed by atoms with E-state index in [1.54, 1.807) is 22.3 Å². The van der Waals surface area contributed by atoms with Crippen molar-refractivity contribution >= 4 is 0 Å². The van der Waals surface area contributed by atoms with Gasteiger partial charge in [0, 0.05) is 5.41 Å². The van der Waals surface area contributed by atoms with Crippen molar-refractivity contribution in [3.8, 4) is 0 Å². The second-order valence-electron chi connectivity index (χ2n) is 9.99. The fraction of sp³-hybridized carbons (Fsp3) is 0.538. The summed E-state index contributed by atoms with van der Waals surface area (Å²) in [6.07, 6.45) is 1.45. The highest BCUT2D eigenvalue weighted by Crippen LogP contribution is 2.77. The normalized spacial score (nSPS) is 47.2. The van der Waals surface area contributed by atoms with Gasteiger partial charge < -0.3 is 0 Å². The minimum atomic E-state index is 0.266. The van der Waals surface area contributed by atoms with Crippen molar-refractivity contribution in [1.82, 2.24) is 0 Å². The third-order valence-electron chi connectivity index (χ3n) is 9.56. The predicted octanol–water partition coefficient (Wildman–Crippen LogP) is 6.36. The molecule has 0 nitrogen and oxygen atoms in total. The maximum absolute atomic E-state index is 2.55. The smallest absolute Gasteiger partial charge is 0.0276 e. The van der Waals surface area contributed by atoms with E-state index in [1.165, 1.54) is 6.42 Å². The first-order valence-corrected chi connectivity index (χ1v) is 10.8. The van der Waals surface area contributed by atoms with E-state index in [9.17, 15) is 0 Å². The van der Waals surface area contributed by atoms with Crippen molar-refractivity contribution in [3.63, 3.8) is 0 Å². The fourth-order valence-corrected chi connectivity index (χ4v) is 8.33. The third-order valence-corrected chi connectivity index (χ3v) is 9.56. The molecule has 0 aromatic heterocycles. The Bertz CT molecular complexity index is 894. The van der Waals surface area contributed by atoms with Crippen molar-refractivity contribution in [1.29, 1.82) is 0 Å². The van der Waals surface area contributed by atoms with Crippen molar-refractivity contribution in [3.05, 3.63) is 70.8 Å². The van der Waals surface area contributed by atoms with E-state index in [0.717, 1.165) is 35.5 Å². The van der Waals surface area contributed by atoms with Gasteiger partial charge in [-0.3, -0.25) is 0 Å². The molecule has 9 atom stereocenters. The zero-order valence-corrected chi connectivity index (χ0v) is 16.4. The van der Waals surface area contributed by atoms with Gasteiger partial charge in [-0.25, -0.2) is 0 Å². The Hall–Kier alpha value is -1.56. The van der Waals surface area contributed by atoms with Crippen LogP contribution in [-0.4, -0.2) is 0 Å². The van der Waals surface area contributed by atoms with Crippen LogP contribution in [0.4, 0.5) is 0 Å². The second kappa shape index (κ2) is 4.83. The summed E-state index contributed by atoms with van der Waals surface area (Å²) in [5.74, 6) is 6.62. The van der Waals surface area contributed by atoms with Gasteiger partial charge in [0.2, 0.25) is 0 Å². The molecule has 134 valence electrons. The Morgan fingerprint density at radius 1 is 0.808 bits per heavy atom. The molecule has 0 N–H and O–H groups in total. The number of hydrogen-bond donors (Lipinski definition) is 0. The summed E-state index contributed by atoms with van der Waals surface area (Å²) in [6.45, 7) is 10.1. The molecule has 0 heteroatoms. The van der Waals surface area contributed by atoms with Crippen molar-refractivity contribution in [2.45, 2.75) is 51.4 Å². The van der Waals surface area contributed by atoms with Crippen LogP contribution in [0.25, 0.3) is 0 Å². The molecule has 6 rings (SSSR count). The highest BCUT2D eigenvalue weighted by Gasteiger charge is 2.71. The van der Waals surface area contributed by atoms with Crippen LogP contribution in [0.1, 0.15) is 68.2 Å². The van der Waals surface area contributed by atoms with Crippen LogP contribution < -0.4 is 0 Å². The monoisotopic (exact) mass is 342 g/mol. The zero-order valence-electron chi connectivity index (χ0n) is 16.4. The summed E-state index contributed by atoms with van der Waals surface area (Å²) < 4.78 is 0. The zero-order chi connectivity index (χ0) is 17.8. The minimum absolute atomic E-state index is 0.266. The van der Waals surface area contributed by atoms with E-state index in [-0.39, 0.29) is 5.41 Å². The maximum Gasteiger partial charge on any atom is 0.0276 e. The van der Waals surface area contributed by atoms with Gasteiger partial charge in [0.15, 0.2) is 0 Å². The van der Waals surface area contributed by atoms with Crippen LogP contribution in [0, 0.1) is 35.5 Å². The first kappa shape index (κ1) is 15.5. The lowest BCUT2D eigenvalue weighted by atomic mass is 9.48. The van der Waals surface area contributed by atoms with Crippen LogP contribution in [0.15, 0.2) is 48.5 Å². The highest BCUT2D eigenvalue weighted by molar-refractivity contribution is 5.61. The Kier molecular flexibility index (Phi) is 2.88. The molecule has 4 aliphatic carbocycles. The van der Waals surface area contributed by atoms with E-state index in [2.05, 4.69) is 76.2 Å². The molecule has 0 amide bonds. The van der Waals surface area contributed by atoms with Gasteiger partial charge in [-0.05, 0) is 76.0 Å². The van der Waals surface area contributed by atoms with Gasteiger partial charge in [0.25, 0.3) is 0 Å². The number of rotatable bonds is 0. The van der Waals surface area contributed by atoms with Crippen molar-refractivity contribution in [2.75, 3.05) is 0 Å². The van der Waals surface area contributed by atoms with Crippen LogP contribution >= 0.6 is 0 Å². The molecule has 0 aliphatic heterocycles. The lowest BCUT2D eigenvalue weighted by Gasteiger charge is -2.55. The van der Waals surface area contributed by atoms with Crippen LogP contribution in [-0.2, 0) is 5.41 Å². The molecular weight excluding hydrogens is 312 g/mol. The number of benzene rings is 2. The molecule has 2 aromatic carbocycles. The lowest BCUT2D eigenvalue weighted by molar-refractivity contribution is -0.00626. The van der Waals surface area contributed by atoms with Gasteiger partial charge in [-0.2, -0.15) is 0 Å². The topological polar surface area (TPSA) is 0 Å². The van der Waals surface area contributed by atoms with Gasteiger partial charge >= 0.3 is 0 Å². The minimum Gasteiger partial charge on any atom is -0.0622 e. The average Bonchev–Trinajstić information content (AvgIpc) is 3.14. The fourth-order valence-electron chi connectivity index (χ4n) is 8.33. The SMILES string of the molecule is C[C@H]1[C@H]2C3c4ccccc4C4(c5ccccc5[C@@H](C)[C@H]4C)[C@H]3[C@H]2C[C@H]1C. The van der Waals surface area contributed by atoms with Crippen molar-refractivity contribution in [2.24, 2.45) is 35.5 Å². The third kappa shape index (κ3) is 1.45. The highest BCUT2D eigenvalue weighted by atomic mass is 14.7. The summed E-state index contributed by atoms with van der Waals surface area (Å²) >= 11 is 0. The average molecular weight is 343 g/mol. The molecule has 1 spiro atoms. The van der Waals surface area contributed by atoms with Gasteiger partial charge in [0.1, 0.15) is 0 Å². The maximum atomic E-state index is 2.55. The second-order valence-corrected chi connectivity index (χ2v) is 9.99. The van der Waals surface area contributed by atoms with E-state index < -0.39 is 0 Å². The van der Waals surface area contributed by atoms with Gasteiger partial charge in [0.05, 0.1) is 0 Å². The van der Waals surface area contributed by atoms with Crippen molar-refractivity contribution < 1.29 is 0 Å². The van der Waals surface area contributed by atoms with E-state index >= 15 is 0 Å². The molecule has 2 fully saturated rings. The van der Waals surface area contributed by atoms with Crippen LogP contribution in [0.5, 0.6) is 0 Å². The molecule has 0 bridgehead atoms. The molecule has 0 heterocycles. The van der Waals surface area contributed by atoms with Crippen LogP contribution in [0.3, 0.4) is 0 Å². The summed E-state index contributed by atoms with van der Waals surface area (Å²) in [5, 5.41) is 0. The predicted molar refractivity (Wildman–Crippen MR) is 107 cm³/mol. The standard InChI is InChI=1S/C26H30/c1-14-13-20-23(15(14)2)24-19-10-6-8-12-22(19)26(25(20)24)17(4)16(3)18-9-5-7-11-21(18)26/h5-12,14-17,20,23-25H,13H2,1-4H3/t14-,15-,16+,17-,20+,23-,24?,25+,26?/m1/s1. The Balaban J connectivity index is 1.64. The molecule has 4 aliphatic rings. The van der Waals surface area contributed by atoms with Gasteiger partial charge in [-0.15, -0.1) is 0 Å². The summed E-state index contributed by atoms with van der Waals surface area (Å²) in [5.41, 5.74) is 6.95. The Labute approximate surface area is 158 Å². The van der Waals surface area contributed by atoms with E-state index in [4.69, 9.17) is 0 Å². The molecule has 2 unspecified atom stereocenters. The quantitative estimate of drug-likeness (QED) is 0.522.